The van der Waals surface area contributed by atoms with Gasteiger partial charge in [-0.1, -0.05) is 11.1 Å². The lowest BCUT2D eigenvalue weighted by Gasteiger charge is -2.10. The van der Waals surface area contributed by atoms with Gasteiger partial charge in [-0.05, 0) is 32.4 Å². The molecule has 1 rings (SSSR count). The first-order valence-corrected chi connectivity index (χ1v) is 7.24. The summed E-state index contributed by atoms with van der Waals surface area (Å²) in [5.41, 5.74) is 1.61. The fourth-order valence-corrected chi connectivity index (χ4v) is 3.12. The molecule has 1 atom stereocenters. The minimum atomic E-state index is -2.91. The molecule has 0 aliphatic carbocycles. The molecule has 4 heteroatoms. The molecule has 1 N–H and O–H groups in total. The Morgan fingerprint density at radius 1 is 1.31 bits per heavy atom. The predicted molar refractivity (Wildman–Crippen MR) is 66.6 cm³/mol. The van der Waals surface area contributed by atoms with Crippen LogP contribution in [-0.2, 0) is 14.4 Å². The van der Waals surface area contributed by atoms with Crippen LogP contribution in [0, 0.1) is 13.8 Å². The van der Waals surface area contributed by atoms with Gasteiger partial charge in [-0.25, -0.2) is 0 Å². The summed E-state index contributed by atoms with van der Waals surface area (Å²) in [5.74, 6) is 0.768. The van der Waals surface area contributed by atoms with Gasteiger partial charge >= 0.3 is 0 Å². The van der Waals surface area contributed by atoms with Crippen molar-refractivity contribution in [3.63, 3.8) is 0 Å². The number of aryl methyl sites for hydroxylation is 2. The van der Waals surface area contributed by atoms with Crippen molar-refractivity contribution in [2.45, 2.75) is 32.1 Å². The molecule has 16 heavy (non-hydrogen) atoms. The summed E-state index contributed by atoms with van der Waals surface area (Å²) in [4.78, 5) is 0.524. The Morgan fingerprint density at radius 3 is 2.19 bits per heavy atom. The summed E-state index contributed by atoms with van der Waals surface area (Å²) in [6.07, 6.45) is 2.29. The van der Waals surface area contributed by atoms with Crippen molar-refractivity contribution in [1.29, 1.82) is 0 Å². The van der Waals surface area contributed by atoms with Gasteiger partial charge < -0.3 is 4.74 Å². The molecule has 3 nitrogen and oxygen atoms in total. The Balaban J connectivity index is 3.13. The summed E-state index contributed by atoms with van der Waals surface area (Å²) in [7, 11) is -2.91. The van der Waals surface area contributed by atoms with Crippen LogP contribution >= 0.6 is 0 Å². The summed E-state index contributed by atoms with van der Waals surface area (Å²) < 4.78 is 26.8. The molecule has 0 radical (unpaired) electrons. The molecule has 90 valence electrons. The van der Waals surface area contributed by atoms with Crippen molar-refractivity contribution in [3.8, 4) is 5.75 Å². The van der Waals surface area contributed by atoms with E-state index in [4.69, 9.17) is 4.74 Å². The molecule has 0 aromatic heterocycles. The van der Waals surface area contributed by atoms with Crippen LogP contribution < -0.4 is 4.74 Å². The first kappa shape index (κ1) is 13.2. The van der Waals surface area contributed by atoms with Gasteiger partial charge in [0, 0.05) is 11.1 Å². The number of hydrogen-bond acceptors (Lipinski definition) is 2. The lowest BCUT2D eigenvalue weighted by atomic mass is 10.1. The Kier molecular flexibility index (Phi) is 4.10. The summed E-state index contributed by atoms with van der Waals surface area (Å²) in [6, 6.07) is 3.63. The third-order valence-electron chi connectivity index (χ3n) is 2.29. The highest BCUT2D eigenvalue weighted by Gasteiger charge is 2.27. The monoisotopic (exact) mass is 243 g/mol. The highest BCUT2D eigenvalue weighted by Crippen LogP contribution is 2.28. The zero-order valence-electron chi connectivity index (χ0n) is 10.2. The minimum Gasteiger partial charge on any atom is -0.494 e. The molecule has 0 aliphatic rings. The highest BCUT2D eigenvalue weighted by molar-refractivity contribution is 7.97. The molecule has 0 saturated carbocycles. The van der Waals surface area contributed by atoms with Gasteiger partial charge in [0.2, 0.25) is 10.2 Å². The fraction of sp³-hybridized carbons (Fsp3) is 0.500. The SMILES string of the molecule is CCCOc1cc(C)c([S+](C)(=O)O)c(C)c1. The summed E-state index contributed by atoms with van der Waals surface area (Å²) in [6.45, 7) is 6.38. The molecule has 1 aromatic carbocycles. The second kappa shape index (κ2) is 4.97. The van der Waals surface area contributed by atoms with Crippen molar-refractivity contribution in [2.75, 3.05) is 12.9 Å². The maximum absolute atomic E-state index is 11.7. The van der Waals surface area contributed by atoms with Gasteiger partial charge in [0.25, 0.3) is 0 Å². The maximum atomic E-state index is 11.7. The van der Waals surface area contributed by atoms with Crippen LogP contribution in [0.2, 0.25) is 0 Å². The van der Waals surface area contributed by atoms with E-state index in [9.17, 15) is 8.76 Å². The van der Waals surface area contributed by atoms with E-state index in [0.29, 0.717) is 11.5 Å². The first-order chi connectivity index (χ1) is 7.36. The molecule has 1 unspecified atom stereocenters. The van der Waals surface area contributed by atoms with Crippen molar-refractivity contribution in [3.05, 3.63) is 23.3 Å². The van der Waals surface area contributed by atoms with Crippen molar-refractivity contribution in [2.24, 2.45) is 0 Å². The lowest BCUT2D eigenvalue weighted by Crippen LogP contribution is -2.11. The fourth-order valence-electron chi connectivity index (χ4n) is 1.81. The average Bonchev–Trinajstić information content (AvgIpc) is 2.11. The molecule has 0 aliphatic heterocycles. The van der Waals surface area contributed by atoms with E-state index in [1.54, 1.807) is 0 Å². The van der Waals surface area contributed by atoms with Crippen LogP contribution in [-0.4, -0.2) is 17.4 Å². The van der Waals surface area contributed by atoms with Crippen LogP contribution in [0.15, 0.2) is 17.0 Å². The van der Waals surface area contributed by atoms with E-state index in [2.05, 4.69) is 0 Å². The van der Waals surface area contributed by atoms with Crippen LogP contribution in [0.4, 0.5) is 0 Å². The minimum absolute atomic E-state index is 0.524. The van der Waals surface area contributed by atoms with E-state index < -0.39 is 10.2 Å². The number of hydrogen-bond donors (Lipinski definition) is 1. The number of ether oxygens (including phenoxy) is 1. The molecule has 0 bridgehead atoms. The highest BCUT2D eigenvalue weighted by atomic mass is 32.3. The molecular weight excluding hydrogens is 224 g/mol. The van der Waals surface area contributed by atoms with E-state index in [1.807, 2.05) is 32.9 Å². The van der Waals surface area contributed by atoms with E-state index in [0.717, 1.165) is 23.3 Å². The predicted octanol–water partition coefficient (Wildman–Crippen LogP) is 3.05. The van der Waals surface area contributed by atoms with Gasteiger partial charge in [0.15, 0.2) is 4.90 Å². The molecule has 0 spiro atoms. The Labute approximate surface area is 98.1 Å². The van der Waals surface area contributed by atoms with Crippen molar-refractivity contribution < 1.29 is 13.5 Å². The zero-order valence-corrected chi connectivity index (χ0v) is 11.1. The van der Waals surface area contributed by atoms with Gasteiger partial charge in [0.1, 0.15) is 12.0 Å². The normalized spacial score (nSPS) is 14.6. The van der Waals surface area contributed by atoms with E-state index >= 15 is 0 Å². The van der Waals surface area contributed by atoms with Crippen LogP contribution in [0.3, 0.4) is 0 Å². The Bertz CT molecular complexity index is 397. The zero-order chi connectivity index (χ0) is 12.3. The lowest BCUT2D eigenvalue weighted by molar-refractivity contribution is 0.316. The number of rotatable bonds is 4. The molecule has 0 fully saturated rings. The molecule has 1 aromatic rings. The van der Waals surface area contributed by atoms with Crippen LogP contribution in [0.5, 0.6) is 5.75 Å². The van der Waals surface area contributed by atoms with Gasteiger partial charge in [-0.2, -0.15) is 4.55 Å². The maximum Gasteiger partial charge on any atom is 0.245 e. The van der Waals surface area contributed by atoms with Crippen LogP contribution in [0.1, 0.15) is 24.5 Å². The van der Waals surface area contributed by atoms with E-state index in [1.165, 1.54) is 6.26 Å². The molecule has 0 amide bonds. The van der Waals surface area contributed by atoms with Gasteiger partial charge in [-0.15, -0.1) is 0 Å². The van der Waals surface area contributed by atoms with Gasteiger partial charge in [-0.3, -0.25) is 0 Å². The summed E-state index contributed by atoms with van der Waals surface area (Å²) >= 11 is 0. The Morgan fingerprint density at radius 2 is 1.81 bits per heavy atom. The molecule has 0 saturated heterocycles. The quantitative estimate of drug-likeness (QED) is 0.827. The molecule has 0 heterocycles. The number of benzene rings is 1. The third-order valence-corrected chi connectivity index (χ3v) is 3.69. The second-order valence-corrected chi connectivity index (χ2v) is 6.05. The Hall–Kier alpha value is -0.870. The average molecular weight is 243 g/mol. The topological polar surface area (TPSA) is 46.5 Å². The third kappa shape index (κ3) is 3.06. The first-order valence-electron chi connectivity index (χ1n) is 5.32. The second-order valence-electron chi connectivity index (χ2n) is 4.04. The largest absolute Gasteiger partial charge is 0.494 e. The van der Waals surface area contributed by atoms with Gasteiger partial charge in [0.05, 0.1) is 6.61 Å². The molecular formula is C12H19O3S+. The van der Waals surface area contributed by atoms with Crippen molar-refractivity contribution >= 4 is 10.2 Å². The van der Waals surface area contributed by atoms with E-state index in [-0.39, 0.29) is 0 Å². The van der Waals surface area contributed by atoms with Crippen LogP contribution in [0.25, 0.3) is 0 Å². The smallest absolute Gasteiger partial charge is 0.245 e. The standard InChI is InChI=1S/C12H18O3S/c1-5-6-15-11-7-9(2)12(10(3)8-11)16(4,13)14/h7-8H,5-6H2,1-4H3/p+1. The summed E-state index contributed by atoms with van der Waals surface area (Å²) in [5, 5.41) is 0. The van der Waals surface area contributed by atoms with Crippen molar-refractivity contribution in [1.82, 2.24) is 0 Å².